The van der Waals surface area contributed by atoms with Crippen molar-refractivity contribution in [3.05, 3.63) is 41.2 Å². The molecule has 0 aliphatic rings. The summed E-state index contributed by atoms with van der Waals surface area (Å²) < 4.78 is 0. The Labute approximate surface area is 92.1 Å². The summed E-state index contributed by atoms with van der Waals surface area (Å²) in [5.74, 6) is 0. The molecule has 0 aliphatic heterocycles. The van der Waals surface area contributed by atoms with Crippen molar-refractivity contribution in [1.82, 2.24) is 10.2 Å². The number of rotatable bonds is 3. The standard InChI is InChI=1S/C11H9ClN2O/c12-11-3-1-2-9(10(11)4-5-15)8-6-13-14-7-8/h1-3,5-7H,4H2,(H,13,14). The van der Waals surface area contributed by atoms with Crippen LogP contribution in [0, 0.1) is 0 Å². The van der Waals surface area contributed by atoms with Gasteiger partial charge >= 0.3 is 0 Å². The van der Waals surface area contributed by atoms with E-state index in [4.69, 9.17) is 11.6 Å². The molecule has 0 unspecified atom stereocenters. The number of nitrogens with one attached hydrogen (secondary N) is 1. The number of aromatic amines is 1. The Balaban J connectivity index is 2.55. The van der Waals surface area contributed by atoms with E-state index in [2.05, 4.69) is 10.2 Å². The second kappa shape index (κ2) is 4.28. The van der Waals surface area contributed by atoms with E-state index in [1.54, 1.807) is 18.5 Å². The predicted molar refractivity (Wildman–Crippen MR) is 58.8 cm³/mol. The Morgan fingerprint density at radius 2 is 2.33 bits per heavy atom. The van der Waals surface area contributed by atoms with Gasteiger partial charge in [0.1, 0.15) is 6.29 Å². The summed E-state index contributed by atoms with van der Waals surface area (Å²) in [6, 6.07) is 5.57. The Hall–Kier alpha value is -1.61. The zero-order chi connectivity index (χ0) is 10.7. The fraction of sp³-hybridized carbons (Fsp3) is 0.0909. The highest BCUT2D eigenvalue weighted by molar-refractivity contribution is 6.31. The molecule has 76 valence electrons. The van der Waals surface area contributed by atoms with E-state index in [0.29, 0.717) is 11.4 Å². The summed E-state index contributed by atoms with van der Waals surface area (Å²) in [6.07, 6.45) is 4.66. The number of carbonyl (C=O) groups is 1. The molecule has 3 nitrogen and oxygen atoms in total. The van der Waals surface area contributed by atoms with Crippen molar-refractivity contribution in [2.24, 2.45) is 0 Å². The molecule has 0 amide bonds. The maximum Gasteiger partial charge on any atom is 0.124 e. The fourth-order valence-corrected chi connectivity index (χ4v) is 1.77. The molecule has 0 aliphatic carbocycles. The first-order valence-electron chi connectivity index (χ1n) is 4.53. The van der Waals surface area contributed by atoms with Gasteiger partial charge in [0.15, 0.2) is 0 Å². The Morgan fingerprint density at radius 3 is 3.00 bits per heavy atom. The zero-order valence-corrected chi connectivity index (χ0v) is 8.66. The third-order valence-electron chi connectivity index (χ3n) is 2.22. The van der Waals surface area contributed by atoms with Crippen molar-refractivity contribution in [2.45, 2.75) is 6.42 Å². The number of hydrogen-bond acceptors (Lipinski definition) is 2. The molecule has 1 N–H and O–H groups in total. The number of halogens is 1. The van der Waals surface area contributed by atoms with Gasteiger partial charge in [0.2, 0.25) is 0 Å². The maximum atomic E-state index is 10.6. The van der Waals surface area contributed by atoms with Gasteiger partial charge in [-0.2, -0.15) is 5.10 Å². The normalized spacial score (nSPS) is 10.2. The zero-order valence-electron chi connectivity index (χ0n) is 7.90. The van der Waals surface area contributed by atoms with Gasteiger partial charge in [0, 0.05) is 23.2 Å². The highest BCUT2D eigenvalue weighted by Crippen LogP contribution is 2.28. The molecule has 1 aromatic heterocycles. The predicted octanol–water partition coefficient (Wildman–Crippen LogP) is 2.47. The Bertz CT molecular complexity index is 465. The summed E-state index contributed by atoms with van der Waals surface area (Å²) in [5.41, 5.74) is 2.73. The number of nitrogens with zero attached hydrogens (tertiary/aromatic N) is 1. The van der Waals surface area contributed by atoms with E-state index in [1.165, 1.54) is 0 Å². The minimum atomic E-state index is 0.320. The number of aromatic nitrogens is 2. The molecule has 1 heterocycles. The van der Waals surface area contributed by atoms with Gasteiger partial charge in [-0.05, 0) is 17.2 Å². The van der Waals surface area contributed by atoms with Crippen molar-refractivity contribution < 1.29 is 4.79 Å². The van der Waals surface area contributed by atoms with Gasteiger partial charge in [0.25, 0.3) is 0 Å². The first kappa shape index (κ1) is 9.93. The van der Waals surface area contributed by atoms with Crippen molar-refractivity contribution in [3.8, 4) is 11.1 Å². The van der Waals surface area contributed by atoms with E-state index in [9.17, 15) is 4.79 Å². The molecule has 0 saturated heterocycles. The van der Waals surface area contributed by atoms with E-state index < -0.39 is 0 Å². The molecule has 15 heavy (non-hydrogen) atoms. The van der Waals surface area contributed by atoms with Crippen molar-refractivity contribution in [3.63, 3.8) is 0 Å². The van der Waals surface area contributed by atoms with Crippen LogP contribution in [0.25, 0.3) is 11.1 Å². The Kier molecular flexibility index (Phi) is 2.83. The molecule has 0 radical (unpaired) electrons. The van der Waals surface area contributed by atoms with E-state index in [1.807, 2.05) is 12.1 Å². The van der Waals surface area contributed by atoms with E-state index >= 15 is 0 Å². The third kappa shape index (κ3) is 1.92. The van der Waals surface area contributed by atoms with Crippen LogP contribution >= 0.6 is 11.6 Å². The molecule has 1 aromatic carbocycles. The van der Waals surface area contributed by atoms with Crippen LogP contribution in [0.4, 0.5) is 0 Å². The van der Waals surface area contributed by atoms with Crippen LogP contribution in [0.5, 0.6) is 0 Å². The lowest BCUT2D eigenvalue weighted by Gasteiger charge is -2.06. The Morgan fingerprint density at radius 1 is 1.47 bits per heavy atom. The average molecular weight is 221 g/mol. The van der Waals surface area contributed by atoms with Gasteiger partial charge in [-0.1, -0.05) is 23.7 Å². The molecular formula is C11H9ClN2O. The lowest BCUT2D eigenvalue weighted by atomic mass is 10.0. The quantitative estimate of drug-likeness (QED) is 0.808. The van der Waals surface area contributed by atoms with Gasteiger partial charge in [0.05, 0.1) is 6.20 Å². The lowest BCUT2D eigenvalue weighted by Crippen LogP contribution is -1.91. The summed E-state index contributed by atoms with van der Waals surface area (Å²) in [4.78, 5) is 10.6. The van der Waals surface area contributed by atoms with Crippen LogP contribution in [-0.2, 0) is 11.2 Å². The molecule has 2 rings (SSSR count). The molecule has 4 heteroatoms. The number of benzene rings is 1. The van der Waals surface area contributed by atoms with Crippen LogP contribution in [0.2, 0.25) is 5.02 Å². The summed E-state index contributed by atoms with van der Waals surface area (Å²) in [6.45, 7) is 0. The SMILES string of the molecule is O=CCc1c(Cl)cccc1-c1cn[nH]c1. The van der Waals surface area contributed by atoms with Crippen LogP contribution in [0.15, 0.2) is 30.6 Å². The molecule has 0 saturated carbocycles. The summed E-state index contributed by atoms with van der Waals surface area (Å²) >= 11 is 6.04. The number of aldehydes is 1. The van der Waals surface area contributed by atoms with Gasteiger partial charge in [-0.15, -0.1) is 0 Å². The second-order valence-electron chi connectivity index (χ2n) is 3.12. The minimum Gasteiger partial charge on any atom is -0.303 e. The summed E-state index contributed by atoms with van der Waals surface area (Å²) in [7, 11) is 0. The van der Waals surface area contributed by atoms with Crippen LogP contribution in [-0.4, -0.2) is 16.5 Å². The van der Waals surface area contributed by atoms with E-state index in [-0.39, 0.29) is 0 Å². The number of hydrogen-bond donors (Lipinski definition) is 1. The molecule has 0 fully saturated rings. The lowest BCUT2D eigenvalue weighted by molar-refractivity contribution is -0.107. The highest BCUT2D eigenvalue weighted by atomic mass is 35.5. The van der Waals surface area contributed by atoms with Crippen LogP contribution in [0.3, 0.4) is 0 Å². The molecule has 0 bridgehead atoms. The minimum absolute atomic E-state index is 0.320. The number of H-pyrrole nitrogens is 1. The first-order valence-corrected chi connectivity index (χ1v) is 4.91. The first-order chi connectivity index (χ1) is 7.33. The topological polar surface area (TPSA) is 45.8 Å². The van der Waals surface area contributed by atoms with Crippen molar-refractivity contribution in [2.75, 3.05) is 0 Å². The molecular weight excluding hydrogens is 212 g/mol. The van der Waals surface area contributed by atoms with Gasteiger partial charge in [-0.3, -0.25) is 5.10 Å². The highest BCUT2D eigenvalue weighted by Gasteiger charge is 2.08. The van der Waals surface area contributed by atoms with Crippen molar-refractivity contribution >= 4 is 17.9 Å². The smallest absolute Gasteiger partial charge is 0.124 e. The number of carbonyl (C=O) groups excluding carboxylic acids is 1. The van der Waals surface area contributed by atoms with Crippen molar-refractivity contribution in [1.29, 1.82) is 0 Å². The van der Waals surface area contributed by atoms with Gasteiger partial charge < -0.3 is 4.79 Å². The molecule has 2 aromatic rings. The fourth-order valence-electron chi connectivity index (χ4n) is 1.52. The largest absolute Gasteiger partial charge is 0.303 e. The van der Waals surface area contributed by atoms with E-state index in [0.717, 1.165) is 23.0 Å². The molecule has 0 spiro atoms. The van der Waals surface area contributed by atoms with Crippen LogP contribution < -0.4 is 0 Å². The second-order valence-corrected chi connectivity index (χ2v) is 3.53. The maximum absolute atomic E-state index is 10.6. The van der Waals surface area contributed by atoms with Gasteiger partial charge in [-0.25, -0.2) is 0 Å². The average Bonchev–Trinajstić information content (AvgIpc) is 2.74. The molecule has 0 atom stereocenters. The third-order valence-corrected chi connectivity index (χ3v) is 2.57. The van der Waals surface area contributed by atoms with Crippen LogP contribution in [0.1, 0.15) is 5.56 Å². The summed E-state index contributed by atoms with van der Waals surface area (Å²) in [5, 5.41) is 7.22. The monoisotopic (exact) mass is 220 g/mol.